The molecule has 0 aliphatic carbocycles. The Morgan fingerprint density at radius 1 is 0.400 bits per heavy atom. The molecule has 60 heavy (non-hydrogen) atoms. The fourth-order valence-electron chi connectivity index (χ4n) is 8.47. The molecule has 10 rings (SSSR count). The summed E-state index contributed by atoms with van der Waals surface area (Å²) in [6.45, 7) is 0. The van der Waals surface area contributed by atoms with Crippen LogP contribution >= 0.6 is 0 Å². The van der Waals surface area contributed by atoms with E-state index >= 15 is 0 Å². The highest BCUT2D eigenvalue weighted by Gasteiger charge is 2.30. The summed E-state index contributed by atoms with van der Waals surface area (Å²) >= 11 is 0. The van der Waals surface area contributed by atoms with Gasteiger partial charge in [-0.2, -0.15) is 0 Å². The molecule has 5 N–H and O–H groups in total. The maximum Gasteiger partial charge on any atom is 0.122 e. The maximum atomic E-state index is 7.32. The van der Waals surface area contributed by atoms with E-state index in [1.807, 2.05) is 30.3 Å². The topological polar surface area (TPSA) is 80.8 Å². The Morgan fingerprint density at radius 3 is 1.27 bits per heavy atom. The summed E-state index contributed by atoms with van der Waals surface area (Å²) in [4.78, 5) is 0. The van der Waals surface area contributed by atoms with Crippen LogP contribution in [0.3, 0.4) is 0 Å². The quantitative estimate of drug-likeness (QED) is 0.106. The van der Waals surface area contributed by atoms with Gasteiger partial charge in [-0.1, -0.05) is 212 Å². The predicted octanol–water partition coefficient (Wildman–Crippen LogP) is 13.5. The summed E-state index contributed by atoms with van der Waals surface area (Å²) in [5.74, 6) is 0.121. The third-order valence-electron chi connectivity index (χ3n) is 11.1. The van der Waals surface area contributed by atoms with Crippen molar-refractivity contribution in [3.05, 3.63) is 247 Å². The molecule has 0 amide bonds. The van der Waals surface area contributed by atoms with Crippen molar-refractivity contribution in [3.63, 3.8) is 0 Å². The third-order valence-corrected chi connectivity index (χ3v) is 11.1. The molecule has 0 saturated heterocycles. The molecule has 0 bridgehead atoms. The van der Waals surface area contributed by atoms with Crippen molar-refractivity contribution >= 4 is 27.6 Å². The van der Waals surface area contributed by atoms with Crippen LogP contribution in [-0.4, -0.2) is 10.4 Å². The van der Waals surface area contributed by atoms with Gasteiger partial charge in [-0.05, 0) is 57.1 Å². The van der Waals surface area contributed by atoms with Crippen molar-refractivity contribution in [3.8, 4) is 50.2 Å². The van der Waals surface area contributed by atoms with Crippen molar-refractivity contribution < 1.29 is 0 Å². The molecule has 4 nitrogen and oxygen atoms in total. The molecule has 0 spiro atoms. The van der Waals surface area contributed by atoms with E-state index in [2.05, 4.69) is 205 Å². The van der Waals surface area contributed by atoms with Gasteiger partial charge in [-0.3, -0.25) is 5.41 Å². The third kappa shape index (κ3) is 7.17. The number of benzene rings is 9. The summed E-state index contributed by atoms with van der Waals surface area (Å²) in [6.07, 6.45) is 0. The van der Waals surface area contributed by atoms with Gasteiger partial charge in [0.15, 0.2) is 0 Å². The second-order valence-corrected chi connectivity index (χ2v) is 14.8. The number of aromatic nitrogens is 1. The van der Waals surface area contributed by atoms with E-state index in [0.29, 0.717) is 0 Å². The highest BCUT2D eigenvalue weighted by atomic mass is 15.0. The van der Waals surface area contributed by atoms with Crippen LogP contribution < -0.4 is 11.5 Å². The van der Waals surface area contributed by atoms with Gasteiger partial charge in [0, 0.05) is 38.7 Å². The van der Waals surface area contributed by atoms with E-state index in [4.69, 9.17) is 16.9 Å². The number of para-hydroxylation sites is 1. The van der Waals surface area contributed by atoms with Crippen molar-refractivity contribution in [2.45, 2.75) is 6.04 Å². The zero-order chi connectivity index (χ0) is 40.8. The monoisotopic (exact) mass is 772 g/mol. The first kappa shape index (κ1) is 37.8. The molecule has 4 heteroatoms. The molecule has 0 aliphatic heterocycles. The number of nitrogen functional groups attached to an aromatic ring is 1. The lowest BCUT2D eigenvalue weighted by atomic mass is 9.79. The fraction of sp³-hybridized carbons (Fsp3) is 0.0179. The second kappa shape index (κ2) is 17.0. The van der Waals surface area contributed by atoms with E-state index in [0.717, 1.165) is 44.5 Å². The van der Waals surface area contributed by atoms with Crippen LogP contribution in [0.15, 0.2) is 231 Å². The van der Waals surface area contributed by atoms with Gasteiger partial charge in [0.2, 0.25) is 0 Å². The molecule has 0 saturated carbocycles. The zero-order valence-corrected chi connectivity index (χ0v) is 33.1. The van der Waals surface area contributed by atoms with Crippen molar-refractivity contribution in [2.75, 3.05) is 0 Å². The molecular formula is C56H44N4. The van der Waals surface area contributed by atoms with E-state index in [1.165, 1.54) is 44.2 Å². The maximum absolute atomic E-state index is 7.32. The SMILES string of the molecule is N=C(N)c1ccccc1.NC(c1ccccc1)c1cccc2c1c1c(-c3ccccc3)c(-c3ccccc3)c(-c3ccccc3)c(-c3ccccc3)c1n2-c1ccccc1. The van der Waals surface area contributed by atoms with Gasteiger partial charge >= 0.3 is 0 Å². The second-order valence-electron chi connectivity index (χ2n) is 14.8. The summed E-state index contributed by atoms with van der Waals surface area (Å²) in [5.41, 5.74) is 28.3. The summed E-state index contributed by atoms with van der Waals surface area (Å²) < 4.78 is 2.47. The van der Waals surface area contributed by atoms with Crippen molar-refractivity contribution in [1.29, 1.82) is 5.41 Å². The minimum absolute atomic E-state index is 0.121. The average Bonchev–Trinajstić information content (AvgIpc) is 3.67. The predicted molar refractivity (Wildman–Crippen MR) is 252 cm³/mol. The number of hydrogen-bond donors (Lipinski definition) is 3. The normalized spacial score (nSPS) is 11.5. The summed E-state index contributed by atoms with van der Waals surface area (Å²) in [5, 5.41) is 9.37. The van der Waals surface area contributed by atoms with E-state index in [9.17, 15) is 0 Å². The Labute approximate surface area is 351 Å². The minimum atomic E-state index is -0.331. The van der Waals surface area contributed by atoms with E-state index < -0.39 is 0 Å². The zero-order valence-electron chi connectivity index (χ0n) is 33.1. The van der Waals surface area contributed by atoms with Gasteiger partial charge < -0.3 is 16.0 Å². The number of rotatable bonds is 8. The largest absolute Gasteiger partial charge is 0.384 e. The lowest BCUT2D eigenvalue weighted by Crippen LogP contribution is -2.12. The average molecular weight is 773 g/mol. The van der Waals surface area contributed by atoms with Crippen LogP contribution in [-0.2, 0) is 0 Å². The first-order valence-corrected chi connectivity index (χ1v) is 20.2. The Bertz CT molecular complexity index is 3020. The van der Waals surface area contributed by atoms with Crippen molar-refractivity contribution in [1.82, 2.24) is 4.57 Å². The molecule has 1 aromatic heterocycles. The van der Waals surface area contributed by atoms with Gasteiger partial charge in [0.25, 0.3) is 0 Å². The lowest BCUT2D eigenvalue weighted by molar-refractivity contribution is 0.881. The molecule has 0 aliphatic rings. The summed E-state index contributed by atoms with van der Waals surface area (Å²) in [7, 11) is 0. The van der Waals surface area contributed by atoms with Crippen LogP contribution in [0.1, 0.15) is 22.7 Å². The Hall–Kier alpha value is -7.79. The van der Waals surface area contributed by atoms with Crippen molar-refractivity contribution in [2.24, 2.45) is 11.5 Å². The molecule has 9 aromatic carbocycles. The number of nitrogens with two attached hydrogens (primary N) is 2. The standard InChI is InChI=1S/C49H36N2.C7H8N2/c50-48(38-28-15-5-16-29-38)40-32-19-33-41-46(40)47-44(36-24-11-3-12-25-36)42(34-20-7-1-8-21-34)43(35-22-9-2-10-23-35)45(37-26-13-4-14-27-37)49(47)51(41)39-30-17-6-18-31-39;8-7(9)6-4-2-1-3-5-6/h1-33,48H,50H2;1-5H,(H3,8,9). The minimum Gasteiger partial charge on any atom is -0.384 e. The number of hydrogen-bond acceptors (Lipinski definition) is 2. The van der Waals surface area contributed by atoms with Crippen LogP contribution in [0.5, 0.6) is 0 Å². The Kier molecular flexibility index (Phi) is 10.7. The highest BCUT2D eigenvalue weighted by Crippen LogP contribution is 2.54. The Morgan fingerprint density at radius 2 is 0.800 bits per heavy atom. The fourth-order valence-corrected chi connectivity index (χ4v) is 8.47. The van der Waals surface area contributed by atoms with Gasteiger partial charge in [0.1, 0.15) is 5.84 Å². The summed E-state index contributed by atoms with van der Waals surface area (Å²) in [6, 6.07) is 80.4. The van der Waals surface area contributed by atoms with E-state index in [-0.39, 0.29) is 11.9 Å². The lowest BCUT2D eigenvalue weighted by Gasteiger charge is -2.24. The molecule has 10 aromatic rings. The molecule has 1 heterocycles. The molecular weight excluding hydrogens is 729 g/mol. The number of fused-ring (bicyclic) bond motifs is 3. The van der Waals surface area contributed by atoms with Crippen LogP contribution in [0.2, 0.25) is 0 Å². The van der Waals surface area contributed by atoms with Gasteiger partial charge in [-0.25, -0.2) is 0 Å². The van der Waals surface area contributed by atoms with Crippen LogP contribution in [0.4, 0.5) is 0 Å². The smallest absolute Gasteiger partial charge is 0.122 e. The first-order valence-electron chi connectivity index (χ1n) is 20.2. The molecule has 0 fully saturated rings. The van der Waals surface area contributed by atoms with Gasteiger partial charge in [0.05, 0.1) is 17.1 Å². The Balaban J connectivity index is 0.000000458. The van der Waals surface area contributed by atoms with Gasteiger partial charge in [-0.15, -0.1) is 0 Å². The van der Waals surface area contributed by atoms with E-state index in [1.54, 1.807) is 0 Å². The van der Waals surface area contributed by atoms with Crippen LogP contribution in [0.25, 0.3) is 72.0 Å². The number of amidine groups is 1. The van der Waals surface area contributed by atoms with Crippen LogP contribution in [0, 0.1) is 5.41 Å². The molecule has 1 atom stereocenters. The molecule has 0 radical (unpaired) electrons. The number of nitrogens with zero attached hydrogens (tertiary/aromatic N) is 1. The number of nitrogens with one attached hydrogen (secondary N) is 1. The molecule has 1 unspecified atom stereocenters. The molecule has 288 valence electrons. The highest BCUT2D eigenvalue weighted by molar-refractivity contribution is 6.27. The first-order chi connectivity index (χ1) is 29.6.